The summed E-state index contributed by atoms with van der Waals surface area (Å²) >= 11 is 0. The number of aryl methyl sites for hydroxylation is 1. The SMILES string of the molecule is O=C1Nc2ccccc2CC[C@H]1n1cnc2cc(F)ccc2c1=O. The molecule has 1 N–H and O–H groups in total. The van der Waals surface area contributed by atoms with Gasteiger partial charge in [-0.1, -0.05) is 18.2 Å². The number of anilines is 1. The molecule has 3 aromatic rings. The number of nitrogens with zero attached hydrogens (tertiary/aromatic N) is 2. The third-order valence-corrected chi connectivity index (χ3v) is 4.35. The molecular weight excluding hydrogens is 309 g/mol. The summed E-state index contributed by atoms with van der Waals surface area (Å²) in [6.45, 7) is 0. The number of rotatable bonds is 1. The lowest BCUT2D eigenvalue weighted by Gasteiger charge is -2.16. The summed E-state index contributed by atoms with van der Waals surface area (Å²) in [5, 5.41) is 3.17. The van der Waals surface area contributed by atoms with E-state index in [9.17, 15) is 14.0 Å². The molecular formula is C18H14FN3O2. The van der Waals surface area contributed by atoms with E-state index in [-0.39, 0.29) is 17.0 Å². The summed E-state index contributed by atoms with van der Waals surface area (Å²) in [7, 11) is 0. The zero-order valence-corrected chi connectivity index (χ0v) is 12.7. The molecule has 1 aromatic heterocycles. The minimum absolute atomic E-state index is 0.245. The highest BCUT2D eigenvalue weighted by molar-refractivity contribution is 5.95. The van der Waals surface area contributed by atoms with Gasteiger partial charge in [0, 0.05) is 11.8 Å². The molecule has 0 fully saturated rings. The van der Waals surface area contributed by atoms with Gasteiger partial charge in [-0.15, -0.1) is 0 Å². The Kier molecular flexibility index (Phi) is 3.37. The fourth-order valence-electron chi connectivity index (χ4n) is 3.10. The quantitative estimate of drug-likeness (QED) is 0.749. The van der Waals surface area contributed by atoms with E-state index in [0.29, 0.717) is 18.2 Å². The highest BCUT2D eigenvalue weighted by Gasteiger charge is 2.26. The number of carbonyl (C=O) groups is 1. The number of nitrogens with one attached hydrogen (secondary N) is 1. The molecule has 0 aliphatic carbocycles. The van der Waals surface area contributed by atoms with Gasteiger partial charge in [0.05, 0.1) is 17.2 Å². The van der Waals surface area contributed by atoms with E-state index in [2.05, 4.69) is 10.3 Å². The maximum absolute atomic E-state index is 13.3. The number of fused-ring (bicyclic) bond motifs is 2. The van der Waals surface area contributed by atoms with Crippen LogP contribution in [-0.4, -0.2) is 15.5 Å². The van der Waals surface area contributed by atoms with E-state index in [0.717, 1.165) is 11.3 Å². The van der Waals surface area contributed by atoms with Crippen molar-refractivity contribution in [2.24, 2.45) is 0 Å². The van der Waals surface area contributed by atoms with Gasteiger partial charge >= 0.3 is 0 Å². The number of para-hydroxylation sites is 1. The monoisotopic (exact) mass is 323 g/mol. The van der Waals surface area contributed by atoms with E-state index in [1.165, 1.54) is 29.1 Å². The van der Waals surface area contributed by atoms with Crippen LogP contribution in [0.15, 0.2) is 53.6 Å². The first-order valence-corrected chi connectivity index (χ1v) is 7.68. The molecule has 0 saturated heterocycles. The Morgan fingerprint density at radius 3 is 2.88 bits per heavy atom. The summed E-state index contributed by atoms with van der Waals surface area (Å²) in [5.74, 6) is -0.694. The van der Waals surface area contributed by atoms with Gasteiger partial charge in [0.15, 0.2) is 0 Å². The maximum atomic E-state index is 13.3. The molecule has 0 radical (unpaired) electrons. The second kappa shape index (κ2) is 5.56. The minimum atomic E-state index is -0.646. The third-order valence-electron chi connectivity index (χ3n) is 4.35. The number of aromatic nitrogens is 2. The first-order valence-electron chi connectivity index (χ1n) is 7.68. The molecule has 1 atom stereocenters. The lowest BCUT2D eigenvalue weighted by atomic mass is 10.1. The van der Waals surface area contributed by atoms with Crippen LogP contribution in [0.5, 0.6) is 0 Å². The van der Waals surface area contributed by atoms with Crippen LogP contribution in [0.3, 0.4) is 0 Å². The minimum Gasteiger partial charge on any atom is -0.324 e. The molecule has 2 heterocycles. The maximum Gasteiger partial charge on any atom is 0.261 e. The Hall–Kier alpha value is -3.02. The Labute approximate surface area is 136 Å². The Balaban J connectivity index is 1.78. The fourth-order valence-corrected chi connectivity index (χ4v) is 3.10. The van der Waals surface area contributed by atoms with Crippen LogP contribution in [0, 0.1) is 5.82 Å². The number of halogens is 1. The average molecular weight is 323 g/mol. The first-order chi connectivity index (χ1) is 11.6. The Morgan fingerprint density at radius 2 is 2.00 bits per heavy atom. The Morgan fingerprint density at radius 1 is 1.17 bits per heavy atom. The molecule has 120 valence electrons. The van der Waals surface area contributed by atoms with Gasteiger partial charge in [-0.25, -0.2) is 9.37 Å². The summed E-state index contributed by atoms with van der Waals surface area (Å²) < 4.78 is 14.6. The van der Waals surface area contributed by atoms with Gasteiger partial charge in [0.25, 0.3) is 5.56 Å². The second-order valence-corrected chi connectivity index (χ2v) is 5.82. The summed E-state index contributed by atoms with van der Waals surface area (Å²) in [4.78, 5) is 29.4. The van der Waals surface area contributed by atoms with Gasteiger partial charge in [-0.2, -0.15) is 0 Å². The van der Waals surface area contributed by atoms with Gasteiger partial charge in [0.1, 0.15) is 11.9 Å². The molecule has 5 nitrogen and oxygen atoms in total. The largest absolute Gasteiger partial charge is 0.324 e. The van der Waals surface area contributed by atoms with Crippen LogP contribution in [-0.2, 0) is 11.2 Å². The predicted octanol–water partition coefficient (Wildman–Crippen LogP) is 2.66. The fraction of sp³-hybridized carbons (Fsp3) is 0.167. The predicted molar refractivity (Wildman–Crippen MR) is 88.4 cm³/mol. The number of hydrogen-bond acceptors (Lipinski definition) is 3. The molecule has 1 aliphatic heterocycles. The van der Waals surface area contributed by atoms with Crippen LogP contribution in [0.4, 0.5) is 10.1 Å². The zero-order valence-electron chi connectivity index (χ0n) is 12.7. The highest BCUT2D eigenvalue weighted by Crippen LogP contribution is 2.26. The first kappa shape index (κ1) is 14.6. The van der Waals surface area contributed by atoms with E-state index in [1.54, 1.807) is 0 Å². The smallest absolute Gasteiger partial charge is 0.261 e. The average Bonchev–Trinajstić information content (AvgIpc) is 2.74. The number of carbonyl (C=O) groups excluding carboxylic acids is 1. The van der Waals surface area contributed by atoms with E-state index in [1.807, 2.05) is 24.3 Å². The van der Waals surface area contributed by atoms with E-state index in [4.69, 9.17) is 0 Å². The molecule has 0 saturated carbocycles. The lowest BCUT2D eigenvalue weighted by molar-refractivity contribution is -0.119. The van der Waals surface area contributed by atoms with Crippen molar-refractivity contribution in [2.75, 3.05) is 5.32 Å². The summed E-state index contributed by atoms with van der Waals surface area (Å²) in [6.07, 6.45) is 2.49. The van der Waals surface area contributed by atoms with Crippen molar-refractivity contribution in [1.82, 2.24) is 9.55 Å². The van der Waals surface area contributed by atoms with Crippen LogP contribution in [0.25, 0.3) is 10.9 Å². The van der Waals surface area contributed by atoms with Gasteiger partial charge < -0.3 is 5.32 Å². The summed E-state index contributed by atoms with van der Waals surface area (Å²) in [5.41, 5.74) is 1.76. The van der Waals surface area contributed by atoms with Crippen molar-refractivity contribution in [3.05, 3.63) is 70.5 Å². The van der Waals surface area contributed by atoms with Crippen molar-refractivity contribution in [1.29, 1.82) is 0 Å². The molecule has 0 unspecified atom stereocenters. The van der Waals surface area contributed by atoms with Crippen LogP contribution < -0.4 is 10.9 Å². The van der Waals surface area contributed by atoms with Crippen molar-refractivity contribution >= 4 is 22.5 Å². The van der Waals surface area contributed by atoms with E-state index >= 15 is 0 Å². The van der Waals surface area contributed by atoms with Crippen LogP contribution >= 0.6 is 0 Å². The molecule has 1 amide bonds. The van der Waals surface area contributed by atoms with Crippen LogP contribution in [0.1, 0.15) is 18.0 Å². The Bertz CT molecular complexity index is 1010. The number of amides is 1. The molecule has 1 aliphatic rings. The van der Waals surface area contributed by atoms with Gasteiger partial charge in [0.2, 0.25) is 5.91 Å². The van der Waals surface area contributed by atoms with Gasteiger partial charge in [-0.05, 0) is 36.6 Å². The number of hydrogen-bond donors (Lipinski definition) is 1. The number of benzene rings is 2. The van der Waals surface area contributed by atoms with Crippen molar-refractivity contribution in [3.8, 4) is 0 Å². The molecule has 2 aromatic carbocycles. The van der Waals surface area contributed by atoms with E-state index < -0.39 is 11.9 Å². The van der Waals surface area contributed by atoms with Gasteiger partial charge in [-0.3, -0.25) is 14.2 Å². The molecule has 24 heavy (non-hydrogen) atoms. The normalized spacial score (nSPS) is 17.2. The van der Waals surface area contributed by atoms with Crippen LogP contribution in [0.2, 0.25) is 0 Å². The molecule has 4 rings (SSSR count). The summed E-state index contributed by atoms with van der Waals surface area (Å²) in [6, 6.07) is 10.8. The van der Waals surface area contributed by atoms with Crippen molar-refractivity contribution < 1.29 is 9.18 Å². The topological polar surface area (TPSA) is 64.0 Å². The second-order valence-electron chi connectivity index (χ2n) is 5.82. The molecule has 0 bridgehead atoms. The molecule has 6 heteroatoms. The zero-order chi connectivity index (χ0) is 16.7. The molecule has 0 spiro atoms. The van der Waals surface area contributed by atoms with Crippen molar-refractivity contribution in [3.63, 3.8) is 0 Å². The van der Waals surface area contributed by atoms with Crippen molar-refractivity contribution in [2.45, 2.75) is 18.9 Å². The highest BCUT2D eigenvalue weighted by atomic mass is 19.1. The standard InChI is InChI=1S/C18H14FN3O2/c19-12-6-7-13-15(9-12)20-10-22(18(13)24)16-8-5-11-3-1-2-4-14(11)21-17(16)23/h1-4,6-7,9-10,16H,5,8H2,(H,21,23)/t16-/m1/s1. The third kappa shape index (κ3) is 2.36. The lowest BCUT2D eigenvalue weighted by Crippen LogP contribution is -2.33.